The highest BCUT2D eigenvalue weighted by atomic mass is 19.1. The van der Waals surface area contributed by atoms with Crippen LogP contribution in [0.1, 0.15) is 0 Å². The summed E-state index contributed by atoms with van der Waals surface area (Å²) in [7, 11) is 6.65. The number of methoxy groups -OCH3 is 2. The van der Waals surface area contributed by atoms with Crippen molar-refractivity contribution in [3.63, 3.8) is 0 Å². The Morgan fingerprint density at radius 3 is 2.74 bits per heavy atom. The zero-order chi connectivity index (χ0) is 17.1. The van der Waals surface area contributed by atoms with Crippen molar-refractivity contribution in [2.24, 2.45) is 0 Å². The van der Waals surface area contributed by atoms with Gasteiger partial charge in [0.2, 0.25) is 0 Å². The minimum absolute atomic E-state index is 0.219. The lowest BCUT2D eigenvalue weighted by molar-refractivity contribution is -0.119. The summed E-state index contributed by atoms with van der Waals surface area (Å²) >= 11 is 0. The number of carbonyl (C=O) groups excluding carboxylic acids is 1. The summed E-state index contributed by atoms with van der Waals surface area (Å²) in [4.78, 5) is 15.4. The topological polar surface area (TPSA) is 63.3 Å². The molecule has 23 heavy (non-hydrogen) atoms. The molecule has 130 valence electrons. The van der Waals surface area contributed by atoms with E-state index >= 15 is 0 Å². The second-order valence-corrected chi connectivity index (χ2v) is 5.87. The normalized spacial score (nSPS) is 31.6. The molecule has 7 nitrogen and oxygen atoms in total. The SMILES string of the molecule is C=C1NC(=O)C(CN(C)C)=CN1[C@@H]1O[C@H](COC)[C@@H](OC)C1F. The molecule has 0 aromatic carbocycles. The Balaban J connectivity index is 2.23. The van der Waals surface area contributed by atoms with Crippen LogP contribution >= 0.6 is 0 Å². The van der Waals surface area contributed by atoms with Crippen LogP contribution in [0, 0.1) is 0 Å². The van der Waals surface area contributed by atoms with Crippen molar-refractivity contribution in [3.05, 3.63) is 24.2 Å². The maximum Gasteiger partial charge on any atom is 0.255 e. The number of ether oxygens (including phenoxy) is 3. The molecule has 1 N–H and O–H groups in total. The summed E-state index contributed by atoms with van der Waals surface area (Å²) < 4.78 is 30.7. The van der Waals surface area contributed by atoms with E-state index in [0.717, 1.165) is 0 Å². The number of nitrogens with one attached hydrogen (secondary N) is 1. The van der Waals surface area contributed by atoms with Gasteiger partial charge in [0.05, 0.1) is 6.61 Å². The fourth-order valence-corrected chi connectivity index (χ4v) is 2.76. The Hall–Kier alpha value is -1.48. The largest absolute Gasteiger partial charge is 0.382 e. The molecular weight excluding hydrogens is 305 g/mol. The highest BCUT2D eigenvalue weighted by Gasteiger charge is 2.49. The number of amides is 1. The summed E-state index contributed by atoms with van der Waals surface area (Å²) in [5.74, 6) is 0.0307. The predicted molar refractivity (Wildman–Crippen MR) is 82.0 cm³/mol. The van der Waals surface area contributed by atoms with Gasteiger partial charge in [0.1, 0.15) is 18.0 Å². The number of likely N-dealkylation sites (N-methyl/N-ethyl adjacent to an activating group) is 1. The third kappa shape index (κ3) is 3.72. The third-order valence-electron chi connectivity index (χ3n) is 3.79. The van der Waals surface area contributed by atoms with Gasteiger partial charge in [-0.25, -0.2) is 4.39 Å². The number of nitrogens with zero attached hydrogens (tertiary/aromatic N) is 2. The first-order valence-electron chi connectivity index (χ1n) is 7.34. The molecule has 4 atom stereocenters. The van der Waals surface area contributed by atoms with E-state index in [9.17, 15) is 9.18 Å². The van der Waals surface area contributed by atoms with Gasteiger partial charge >= 0.3 is 0 Å². The summed E-state index contributed by atoms with van der Waals surface area (Å²) in [6.45, 7) is 4.42. The van der Waals surface area contributed by atoms with E-state index in [0.29, 0.717) is 12.1 Å². The number of rotatable bonds is 6. The van der Waals surface area contributed by atoms with Gasteiger partial charge in [-0.2, -0.15) is 0 Å². The Bertz CT molecular complexity index is 497. The van der Waals surface area contributed by atoms with Gasteiger partial charge in [-0.3, -0.25) is 4.79 Å². The zero-order valence-electron chi connectivity index (χ0n) is 13.9. The standard InChI is InChI=1S/C15H24FN3O4/c1-9-17-14(20)10(6-18(2)3)7-19(9)15-12(16)13(22-5)11(23-15)8-21-4/h7,11-13,15H,1,6,8H2,2-5H3,(H,17,20)/t11-,12?,13-,15-/m1/s1. The highest BCUT2D eigenvalue weighted by Crippen LogP contribution is 2.31. The van der Waals surface area contributed by atoms with Crippen molar-refractivity contribution in [1.29, 1.82) is 0 Å². The van der Waals surface area contributed by atoms with E-state index in [1.807, 2.05) is 19.0 Å². The Morgan fingerprint density at radius 2 is 2.17 bits per heavy atom. The van der Waals surface area contributed by atoms with Gasteiger partial charge in [0.15, 0.2) is 12.4 Å². The van der Waals surface area contributed by atoms with Crippen LogP contribution in [-0.2, 0) is 19.0 Å². The van der Waals surface area contributed by atoms with Crippen LogP contribution in [0.2, 0.25) is 0 Å². The molecule has 0 saturated carbocycles. The van der Waals surface area contributed by atoms with Crippen molar-refractivity contribution in [2.45, 2.75) is 24.6 Å². The molecular formula is C15H24FN3O4. The summed E-state index contributed by atoms with van der Waals surface area (Å²) in [5, 5.41) is 2.64. The monoisotopic (exact) mass is 329 g/mol. The molecule has 2 aliphatic rings. The van der Waals surface area contributed by atoms with Crippen LogP contribution in [0.3, 0.4) is 0 Å². The molecule has 0 radical (unpaired) electrons. The van der Waals surface area contributed by atoms with E-state index in [-0.39, 0.29) is 18.3 Å². The lowest BCUT2D eigenvalue weighted by atomic mass is 10.1. The molecule has 0 aromatic heterocycles. The molecule has 0 spiro atoms. The van der Waals surface area contributed by atoms with E-state index in [4.69, 9.17) is 14.2 Å². The van der Waals surface area contributed by atoms with Crippen LogP contribution in [0.5, 0.6) is 0 Å². The van der Waals surface area contributed by atoms with Crippen molar-refractivity contribution < 1.29 is 23.4 Å². The fraction of sp³-hybridized carbons (Fsp3) is 0.667. The number of hydrogen-bond acceptors (Lipinski definition) is 6. The Labute approximate surface area is 135 Å². The molecule has 0 aliphatic carbocycles. The van der Waals surface area contributed by atoms with Crippen LogP contribution in [0.4, 0.5) is 4.39 Å². The van der Waals surface area contributed by atoms with Crippen molar-refractivity contribution in [3.8, 4) is 0 Å². The Kier molecular flexibility index (Phi) is 5.74. The Morgan fingerprint density at radius 1 is 1.48 bits per heavy atom. The van der Waals surface area contributed by atoms with E-state index in [1.54, 1.807) is 6.20 Å². The number of hydrogen-bond donors (Lipinski definition) is 1. The molecule has 2 rings (SSSR count). The molecule has 1 saturated heterocycles. The zero-order valence-corrected chi connectivity index (χ0v) is 13.9. The first-order chi connectivity index (χ1) is 10.9. The summed E-state index contributed by atoms with van der Waals surface area (Å²) in [6, 6.07) is 0. The van der Waals surface area contributed by atoms with Gasteiger partial charge in [-0.15, -0.1) is 0 Å². The summed E-state index contributed by atoms with van der Waals surface area (Å²) in [5.41, 5.74) is 0.502. The third-order valence-corrected chi connectivity index (χ3v) is 3.79. The second kappa shape index (κ2) is 7.39. The van der Waals surface area contributed by atoms with E-state index < -0.39 is 24.6 Å². The van der Waals surface area contributed by atoms with Crippen molar-refractivity contribution in [2.75, 3.05) is 41.5 Å². The number of halogens is 1. The van der Waals surface area contributed by atoms with Gasteiger partial charge in [-0.05, 0) is 14.1 Å². The maximum atomic E-state index is 14.7. The molecule has 2 heterocycles. The molecule has 0 aromatic rings. The van der Waals surface area contributed by atoms with Crippen LogP contribution < -0.4 is 5.32 Å². The second-order valence-electron chi connectivity index (χ2n) is 5.87. The first-order valence-corrected chi connectivity index (χ1v) is 7.34. The van der Waals surface area contributed by atoms with Gasteiger partial charge in [0.25, 0.3) is 5.91 Å². The molecule has 8 heteroatoms. The van der Waals surface area contributed by atoms with Gasteiger partial charge in [-0.1, -0.05) is 6.58 Å². The minimum Gasteiger partial charge on any atom is -0.382 e. The highest BCUT2D eigenvalue weighted by molar-refractivity contribution is 5.95. The quantitative estimate of drug-likeness (QED) is 0.743. The maximum absolute atomic E-state index is 14.7. The smallest absolute Gasteiger partial charge is 0.255 e. The molecule has 1 amide bonds. The molecule has 1 fully saturated rings. The number of alkyl halides is 1. The van der Waals surface area contributed by atoms with Crippen LogP contribution in [0.15, 0.2) is 24.2 Å². The fourth-order valence-electron chi connectivity index (χ4n) is 2.76. The number of carbonyl (C=O) groups is 1. The van der Waals surface area contributed by atoms with Crippen molar-refractivity contribution >= 4 is 5.91 Å². The van der Waals surface area contributed by atoms with Gasteiger partial charge < -0.3 is 29.3 Å². The van der Waals surface area contributed by atoms with E-state index in [1.165, 1.54) is 19.1 Å². The average Bonchev–Trinajstić information content (AvgIpc) is 2.78. The lowest BCUT2D eigenvalue weighted by Gasteiger charge is -2.34. The molecule has 1 unspecified atom stereocenters. The molecule has 0 bridgehead atoms. The van der Waals surface area contributed by atoms with Crippen molar-refractivity contribution in [1.82, 2.24) is 15.1 Å². The average molecular weight is 329 g/mol. The first kappa shape index (κ1) is 17.9. The van der Waals surface area contributed by atoms with Crippen LogP contribution in [0.25, 0.3) is 0 Å². The minimum atomic E-state index is -1.40. The summed E-state index contributed by atoms with van der Waals surface area (Å²) in [6.07, 6.45) is -2.01. The lowest BCUT2D eigenvalue weighted by Crippen LogP contribution is -2.47. The van der Waals surface area contributed by atoms with E-state index in [2.05, 4.69) is 11.9 Å². The van der Waals surface area contributed by atoms with Gasteiger partial charge in [0, 0.05) is 32.5 Å². The predicted octanol–water partition coefficient (Wildman–Crippen LogP) is 0.0593. The van der Waals surface area contributed by atoms with Crippen LogP contribution in [-0.4, -0.2) is 81.8 Å². The molecule has 2 aliphatic heterocycles.